The van der Waals surface area contributed by atoms with E-state index in [4.69, 9.17) is 16.3 Å². The normalized spacial score (nSPS) is 18.5. The van der Waals surface area contributed by atoms with Crippen molar-refractivity contribution in [3.8, 4) is 5.75 Å². The molecule has 5 heteroatoms. The number of amides is 1. The summed E-state index contributed by atoms with van der Waals surface area (Å²) in [6.07, 6.45) is 1.62. The van der Waals surface area contributed by atoms with Crippen molar-refractivity contribution in [1.82, 2.24) is 5.32 Å². The van der Waals surface area contributed by atoms with Gasteiger partial charge < -0.3 is 10.1 Å². The van der Waals surface area contributed by atoms with Gasteiger partial charge >= 0.3 is 5.97 Å². The number of halogens is 1. The number of hydrogen-bond acceptors (Lipinski definition) is 3. The van der Waals surface area contributed by atoms with Crippen molar-refractivity contribution in [3.63, 3.8) is 0 Å². The van der Waals surface area contributed by atoms with Crippen LogP contribution < -0.4 is 10.1 Å². The van der Waals surface area contributed by atoms with E-state index in [1.54, 1.807) is 36.4 Å². The zero-order valence-corrected chi connectivity index (χ0v) is 14.8. The van der Waals surface area contributed by atoms with Crippen molar-refractivity contribution in [2.24, 2.45) is 11.8 Å². The zero-order valence-electron chi connectivity index (χ0n) is 14.0. The summed E-state index contributed by atoms with van der Waals surface area (Å²) in [5.74, 6) is 0.799. The van der Waals surface area contributed by atoms with Crippen LogP contribution in [0.15, 0.2) is 48.5 Å². The van der Waals surface area contributed by atoms with Crippen LogP contribution in [0.2, 0.25) is 5.02 Å². The molecule has 1 aliphatic carbocycles. The van der Waals surface area contributed by atoms with Crippen LogP contribution in [-0.2, 0) is 11.2 Å². The lowest BCUT2D eigenvalue weighted by Crippen LogP contribution is -2.25. The van der Waals surface area contributed by atoms with E-state index >= 15 is 0 Å². The van der Waals surface area contributed by atoms with Crippen LogP contribution in [0.25, 0.3) is 0 Å². The molecular formula is C20H20ClNO3. The molecule has 0 unspecified atom stereocenters. The standard InChI is InChI=1S/C20H20ClNO3/c1-13-12-18(13)20(24)25-17-8-2-14(3-9-17)10-11-22-19(23)15-4-6-16(21)7-5-15/h2-9,13,18H,10-12H2,1H3,(H,22,23)/t13-,18+/m0/s1. The quantitative estimate of drug-likeness (QED) is 0.630. The van der Waals surface area contributed by atoms with Crippen molar-refractivity contribution < 1.29 is 14.3 Å². The average Bonchev–Trinajstić information content (AvgIpc) is 3.34. The molecule has 0 saturated heterocycles. The number of carbonyl (C=O) groups excluding carboxylic acids is 2. The first kappa shape index (κ1) is 17.5. The van der Waals surface area contributed by atoms with E-state index in [-0.39, 0.29) is 17.8 Å². The molecule has 1 N–H and O–H groups in total. The summed E-state index contributed by atoms with van der Waals surface area (Å²) in [5, 5.41) is 3.48. The summed E-state index contributed by atoms with van der Waals surface area (Å²) < 4.78 is 5.35. The number of ether oxygens (including phenoxy) is 1. The molecule has 1 aliphatic rings. The fraction of sp³-hybridized carbons (Fsp3) is 0.300. The summed E-state index contributed by atoms with van der Waals surface area (Å²) in [5.41, 5.74) is 1.65. The van der Waals surface area contributed by atoms with Gasteiger partial charge in [0.2, 0.25) is 0 Å². The summed E-state index contributed by atoms with van der Waals surface area (Å²) >= 11 is 5.81. The van der Waals surface area contributed by atoms with Crippen LogP contribution in [0.5, 0.6) is 5.75 Å². The highest BCUT2D eigenvalue weighted by Crippen LogP contribution is 2.38. The second-order valence-electron chi connectivity index (χ2n) is 6.40. The Hall–Kier alpha value is -2.33. The van der Waals surface area contributed by atoms with E-state index in [1.165, 1.54) is 0 Å². The number of nitrogens with one attached hydrogen (secondary N) is 1. The van der Waals surface area contributed by atoms with Gasteiger partial charge in [0.25, 0.3) is 5.91 Å². The molecule has 4 nitrogen and oxygen atoms in total. The van der Waals surface area contributed by atoms with Gasteiger partial charge in [-0.05, 0) is 60.7 Å². The summed E-state index contributed by atoms with van der Waals surface area (Å²) in [6, 6.07) is 14.2. The highest BCUT2D eigenvalue weighted by Gasteiger charge is 2.40. The molecule has 0 aliphatic heterocycles. The SMILES string of the molecule is C[C@H]1C[C@H]1C(=O)Oc1ccc(CCNC(=O)c2ccc(Cl)cc2)cc1. The van der Waals surface area contributed by atoms with Gasteiger partial charge in [-0.25, -0.2) is 0 Å². The third-order valence-electron chi connectivity index (χ3n) is 4.36. The number of esters is 1. The second kappa shape index (κ2) is 7.70. The van der Waals surface area contributed by atoms with Crippen LogP contribution in [0.3, 0.4) is 0 Å². The molecule has 1 fully saturated rings. The molecule has 2 atom stereocenters. The minimum Gasteiger partial charge on any atom is -0.426 e. The molecule has 0 heterocycles. The predicted octanol–water partition coefficient (Wildman–Crippen LogP) is 3.87. The van der Waals surface area contributed by atoms with Crippen molar-refractivity contribution in [2.75, 3.05) is 6.54 Å². The van der Waals surface area contributed by atoms with Crippen LogP contribution >= 0.6 is 11.6 Å². The van der Waals surface area contributed by atoms with Crippen LogP contribution in [0.4, 0.5) is 0 Å². The third kappa shape index (κ3) is 4.83. The van der Waals surface area contributed by atoms with Gasteiger partial charge in [-0.2, -0.15) is 0 Å². The monoisotopic (exact) mass is 357 g/mol. The molecule has 0 bridgehead atoms. The van der Waals surface area contributed by atoms with Gasteiger partial charge in [0.05, 0.1) is 5.92 Å². The maximum absolute atomic E-state index is 12.0. The molecule has 130 valence electrons. The molecule has 2 aromatic rings. The number of hydrogen-bond donors (Lipinski definition) is 1. The molecule has 0 aromatic heterocycles. The lowest BCUT2D eigenvalue weighted by molar-refractivity contribution is -0.136. The van der Waals surface area contributed by atoms with Crippen molar-refractivity contribution in [1.29, 1.82) is 0 Å². The van der Waals surface area contributed by atoms with Gasteiger partial charge in [0, 0.05) is 17.1 Å². The molecule has 25 heavy (non-hydrogen) atoms. The molecule has 1 saturated carbocycles. The minimum atomic E-state index is -0.143. The maximum atomic E-state index is 12.0. The Morgan fingerprint density at radius 2 is 1.76 bits per heavy atom. The fourth-order valence-electron chi connectivity index (χ4n) is 2.59. The molecule has 0 radical (unpaired) electrons. The first-order chi connectivity index (χ1) is 12.0. The van der Waals surface area contributed by atoms with E-state index < -0.39 is 0 Å². The molecule has 2 aromatic carbocycles. The fourth-order valence-corrected chi connectivity index (χ4v) is 2.72. The Morgan fingerprint density at radius 3 is 2.36 bits per heavy atom. The van der Waals surface area contributed by atoms with E-state index in [0.29, 0.717) is 35.2 Å². The molecule has 0 spiro atoms. The Morgan fingerprint density at radius 1 is 1.12 bits per heavy atom. The number of rotatable bonds is 6. The van der Waals surface area contributed by atoms with E-state index in [9.17, 15) is 9.59 Å². The summed E-state index contributed by atoms with van der Waals surface area (Å²) in [6.45, 7) is 2.58. The molecular weight excluding hydrogens is 338 g/mol. The number of benzene rings is 2. The Labute approximate surface area is 152 Å². The maximum Gasteiger partial charge on any atom is 0.314 e. The van der Waals surface area contributed by atoms with Gasteiger partial charge in [-0.3, -0.25) is 9.59 Å². The first-order valence-electron chi connectivity index (χ1n) is 8.37. The zero-order chi connectivity index (χ0) is 17.8. The molecule has 1 amide bonds. The second-order valence-corrected chi connectivity index (χ2v) is 6.83. The van der Waals surface area contributed by atoms with E-state index in [0.717, 1.165) is 12.0 Å². The Kier molecular flexibility index (Phi) is 5.39. The lowest BCUT2D eigenvalue weighted by atomic mass is 10.1. The lowest BCUT2D eigenvalue weighted by Gasteiger charge is -2.07. The summed E-state index contributed by atoms with van der Waals surface area (Å²) in [7, 11) is 0. The van der Waals surface area contributed by atoms with Crippen molar-refractivity contribution in [3.05, 3.63) is 64.7 Å². The third-order valence-corrected chi connectivity index (χ3v) is 4.61. The largest absolute Gasteiger partial charge is 0.426 e. The molecule has 3 rings (SSSR count). The first-order valence-corrected chi connectivity index (χ1v) is 8.75. The summed E-state index contributed by atoms with van der Waals surface area (Å²) in [4.78, 5) is 23.8. The smallest absolute Gasteiger partial charge is 0.314 e. The van der Waals surface area contributed by atoms with Crippen molar-refractivity contribution in [2.45, 2.75) is 19.8 Å². The van der Waals surface area contributed by atoms with Crippen LogP contribution in [-0.4, -0.2) is 18.4 Å². The van der Waals surface area contributed by atoms with Gasteiger partial charge in [0.1, 0.15) is 5.75 Å². The van der Waals surface area contributed by atoms with E-state index in [2.05, 4.69) is 5.32 Å². The topological polar surface area (TPSA) is 55.4 Å². The Balaban J connectivity index is 1.44. The number of carbonyl (C=O) groups is 2. The van der Waals surface area contributed by atoms with Gasteiger partial charge in [-0.1, -0.05) is 30.7 Å². The van der Waals surface area contributed by atoms with Crippen LogP contribution in [0.1, 0.15) is 29.3 Å². The van der Waals surface area contributed by atoms with E-state index in [1.807, 2.05) is 19.1 Å². The predicted molar refractivity (Wildman–Crippen MR) is 96.8 cm³/mol. The minimum absolute atomic E-state index is 0.0581. The average molecular weight is 358 g/mol. The Bertz CT molecular complexity index is 756. The van der Waals surface area contributed by atoms with Gasteiger partial charge in [-0.15, -0.1) is 0 Å². The van der Waals surface area contributed by atoms with Crippen LogP contribution in [0, 0.1) is 11.8 Å². The highest BCUT2D eigenvalue weighted by atomic mass is 35.5. The van der Waals surface area contributed by atoms with Crippen molar-refractivity contribution >= 4 is 23.5 Å². The van der Waals surface area contributed by atoms with Gasteiger partial charge in [0.15, 0.2) is 0 Å². The highest BCUT2D eigenvalue weighted by molar-refractivity contribution is 6.30.